The molecule has 2 nitrogen and oxygen atoms in total. The molecule has 0 saturated heterocycles. The molecular formula is C19H24O2. The van der Waals surface area contributed by atoms with Crippen LogP contribution in [0.3, 0.4) is 0 Å². The van der Waals surface area contributed by atoms with E-state index in [4.69, 9.17) is 9.47 Å². The van der Waals surface area contributed by atoms with Gasteiger partial charge in [-0.2, -0.15) is 0 Å². The van der Waals surface area contributed by atoms with Crippen molar-refractivity contribution < 1.29 is 9.47 Å². The van der Waals surface area contributed by atoms with E-state index in [2.05, 4.69) is 48.5 Å². The molecule has 0 N–H and O–H groups in total. The lowest BCUT2D eigenvalue weighted by Crippen LogP contribution is -2.17. The summed E-state index contributed by atoms with van der Waals surface area (Å²) in [6.45, 7) is 8.09. The lowest BCUT2D eigenvalue weighted by atomic mass is 10.0. The molecule has 2 aromatic carbocycles. The van der Waals surface area contributed by atoms with Crippen LogP contribution in [0.2, 0.25) is 0 Å². The molecule has 0 radical (unpaired) electrons. The highest BCUT2D eigenvalue weighted by Crippen LogP contribution is 2.26. The molecule has 0 aliphatic rings. The zero-order valence-corrected chi connectivity index (χ0v) is 13.2. The number of rotatable bonds is 6. The van der Waals surface area contributed by atoms with Crippen LogP contribution in [-0.4, -0.2) is 12.2 Å². The number of hydrogen-bond donors (Lipinski definition) is 0. The lowest BCUT2D eigenvalue weighted by molar-refractivity contribution is -0.185. The van der Waals surface area contributed by atoms with Crippen molar-refractivity contribution in [2.24, 2.45) is 0 Å². The van der Waals surface area contributed by atoms with Crippen LogP contribution >= 0.6 is 0 Å². The number of ether oxygens (including phenoxy) is 2. The van der Waals surface area contributed by atoms with Crippen molar-refractivity contribution in [1.82, 2.24) is 0 Å². The molecule has 0 bridgehead atoms. The smallest absolute Gasteiger partial charge is 0.184 e. The van der Waals surface area contributed by atoms with Crippen molar-refractivity contribution in [3.8, 4) is 11.1 Å². The Morgan fingerprint density at radius 2 is 1.10 bits per heavy atom. The summed E-state index contributed by atoms with van der Waals surface area (Å²) in [4.78, 5) is 0. The van der Waals surface area contributed by atoms with Gasteiger partial charge in [0.1, 0.15) is 0 Å². The van der Waals surface area contributed by atoms with E-state index in [0.29, 0.717) is 0 Å². The molecule has 2 aromatic rings. The highest BCUT2D eigenvalue weighted by Gasteiger charge is 2.16. The minimum absolute atomic E-state index is 0.127. The molecule has 0 aromatic heterocycles. The molecule has 0 aliphatic carbocycles. The minimum atomic E-state index is -0.310. The average molecular weight is 284 g/mol. The highest BCUT2D eigenvalue weighted by atomic mass is 16.7. The van der Waals surface area contributed by atoms with E-state index in [9.17, 15) is 0 Å². The van der Waals surface area contributed by atoms with E-state index in [0.717, 1.165) is 5.56 Å². The normalized spacial score (nSPS) is 11.6. The topological polar surface area (TPSA) is 18.5 Å². The fraction of sp³-hybridized carbons (Fsp3) is 0.368. The summed E-state index contributed by atoms with van der Waals surface area (Å²) in [5, 5.41) is 0. The van der Waals surface area contributed by atoms with Gasteiger partial charge in [-0.3, -0.25) is 0 Å². The molecule has 0 aliphatic heterocycles. The SMILES string of the molecule is CC(C)OC(OC(C)C)c1ccc(-c2ccccc2)cc1. The van der Waals surface area contributed by atoms with Crippen LogP contribution in [-0.2, 0) is 9.47 Å². The van der Waals surface area contributed by atoms with Crippen LogP contribution in [0.4, 0.5) is 0 Å². The van der Waals surface area contributed by atoms with Gasteiger partial charge in [-0.25, -0.2) is 0 Å². The molecule has 0 spiro atoms. The molecule has 0 heterocycles. The van der Waals surface area contributed by atoms with Gasteiger partial charge in [-0.15, -0.1) is 0 Å². The molecular weight excluding hydrogens is 260 g/mol. The third-order valence-electron chi connectivity index (χ3n) is 3.08. The number of hydrogen-bond acceptors (Lipinski definition) is 2. The van der Waals surface area contributed by atoms with Gasteiger partial charge in [-0.1, -0.05) is 54.6 Å². The summed E-state index contributed by atoms with van der Waals surface area (Å²) in [7, 11) is 0. The molecule has 0 saturated carbocycles. The molecule has 21 heavy (non-hydrogen) atoms. The first kappa shape index (κ1) is 15.7. The Hall–Kier alpha value is -1.64. The van der Waals surface area contributed by atoms with E-state index < -0.39 is 0 Å². The van der Waals surface area contributed by atoms with E-state index in [1.807, 2.05) is 33.8 Å². The van der Waals surface area contributed by atoms with Gasteiger partial charge in [0, 0.05) is 5.56 Å². The first-order valence-electron chi connectivity index (χ1n) is 7.52. The third kappa shape index (κ3) is 4.69. The summed E-state index contributed by atoms with van der Waals surface area (Å²) in [5.74, 6) is 0. The third-order valence-corrected chi connectivity index (χ3v) is 3.08. The number of benzene rings is 2. The Kier molecular flexibility index (Phi) is 5.54. The van der Waals surface area contributed by atoms with Crippen molar-refractivity contribution >= 4 is 0 Å². The van der Waals surface area contributed by atoms with Gasteiger partial charge in [0.2, 0.25) is 0 Å². The fourth-order valence-corrected chi connectivity index (χ4v) is 2.15. The van der Waals surface area contributed by atoms with Crippen LogP contribution in [0.25, 0.3) is 11.1 Å². The predicted molar refractivity (Wildman–Crippen MR) is 87.1 cm³/mol. The van der Waals surface area contributed by atoms with E-state index in [1.165, 1.54) is 11.1 Å². The Labute approximate surface area is 127 Å². The van der Waals surface area contributed by atoms with Gasteiger partial charge in [0.15, 0.2) is 6.29 Å². The first-order chi connectivity index (χ1) is 10.1. The second kappa shape index (κ2) is 7.39. The van der Waals surface area contributed by atoms with Crippen molar-refractivity contribution in [2.45, 2.75) is 46.2 Å². The quantitative estimate of drug-likeness (QED) is 0.679. The van der Waals surface area contributed by atoms with Gasteiger partial charge in [0.25, 0.3) is 0 Å². The summed E-state index contributed by atoms with van der Waals surface area (Å²) in [5.41, 5.74) is 3.47. The Bertz CT molecular complexity index is 519. The summed E-state index contributed by atoms with van der Waals surface area (Å²) in [6, 6.07) is 18.8. The molecule has 0 fully saturated rings. The van der Waals surface area contributed by atoms with E-state index >= 15 is 0 Å². The zero-order valence-electron chi connectivity index (χ0n) is 13.2. The standard InChI is InChI=1S/C19H24O2/c1-14(2)20-19(21-15(3)4)18-12-10-17(11-13-18)16-8-6-5-7-9-16/h5-15,19H,1-4H3. The molecule has 0 atom stereocenters. The van der Waals surface area contributed by atoms with Crippen molar-refractivity contribution in [2.75, 3.05) is 0 Å². The largest absolute Gasteiger partial charge is 0.346 e. The second-order valence-electron chi connectivity index (χ2n) is 5.69. The molecule has 0 unspecified atom stereocenters. The fourth-order valence-electron chi connectivity index (χ4n) is 2.15. The van der Waals surface area contributed by atoms with Crippen LogP contribution in [0.1, 0.15) is 39.5 Å². The summed E-state index contributed by atoms with van der Waals surface area (Å²) >= 11 is 0. The van der Waals surface area contributed by atoms with E-state index in [1.54, 1.807) is 0 Å². The predicted octanol–water partition coefficient (Wildman–Crippen LogP) is 5.20. The van der Waals surface area contributed by atoms with Gasteiger partial charge in [0.05, 0.1) is 12.2 Å². The minimum Gasteiger partial charge on any atom is -0.346 e. The Morgan fingerprint density at radius 1 is 0.619 bits per heavy atom. The van der Waals surface area contributed by atoms with E-state index in [-0.39, 0.29) is 18.5 Å². The maximum absolute atomic E-state index is 5.87. The monoisotopic (exact) mass is 284 g/mol. The average Bonchev–Trinajstić information content (AvgIpc) is 2.47. The summed E-state index contributed by atoms with van der Waals surface area (Å²) < 4.78 is 11.7. The molecule has 0 amide bonds. The van der Waals surface area contributed by atoms with Crippen LogP contribution in [0.5, 0.6) is 0 Å². The van der Waals surface area contributed by atoms with Gasteiger partial charge < -0.3 is 9.47 Å². The van der Waals surface area contributed by atoms with Gasteiger partial charge >= 0.3 is 0 Å². The van der Waals surface area contributed by atoms with Crippen molar-refractivity contribution in [3.05, 3.63) is 60.2 Å². The summed E-state index contributed by atoms with van der Waals surface area (Å²) in [6.07, 6.45) is -0.0556. The Morgan fingerprint density at radius 3 is 1.57 bits per heavy atom. The van der Waals surface area contributed by atoms with Crippen LogP contribution in [0, 0.1) is 0 Å². The highest BCUT2D eigenvalue weighted by molar-refractivity contribution is 5.63. The van der Waals surface area contributed by atoms with Crippen molar-refractivity contribution in [1.29, 1.82) is 0 Å². The zero-order chi connectivity index (χ0) is 15.2. The van der Waals surface area contributed by atoms with Crippen molar-refractivity contribution in [3.63, 3.8) is 0 Å². The first-order valence-corrected chi connectivity index (χ1v) is 7.52. The molecule has 2 heteroatoms. The molecule has 2 rings (SSSR count). The lowest BCUT2D eigenvalue weighted by Gasteiger charge is -2.23. The van der Waals surface area contributed by atoms with Gasteiger partial charge in [-0.05, 0) is 38.8 Å². The maximum atomic E-state index is 5.87. The van der Waals surface area contributed by atoms with Crippen LogP contribution < -0.4 is 0 Å². The van der Waals surface area contributed by atoms with Crippen LogP contribution in [0.15, 0.2) is 54.6 Å². The molecule has 112 valence electrons. The maximum Gasteiger partial charge on any atom is 0.184 e. The Balaban J connectivity index is 2.19. The second-order valence-corrected chi connectivity index (χ2v) is 5.69.